The summed E-state index contributed by atoms with van der Waals surface area (Å²) in [5.41, 5.74) is 3.43. The minimum atomic E-state index is -0.593. The van der Waals surface area contributed by atoms with Crippen molar-refractivity contribution in [1.82, 2.24) is 34.5 Å². The molecule has 0 amide bonds. The lowest BCUT2D eigenvalue weighted by Gasteiger charge is -2.43. The smallest absolute Gasteiger partial charge is 0.157 e. The molecular formula is C38H38FN9O. The fraction of sp³-hybridized carbons (Fsp3) is 0.368. The second-order valence-electron chi connectivity index (χ2n) is 14.0. The van der Waals surface area contributed by atoms with Crippen molar-refractivity contribution in [2.24, 2.45) is 5.92 Å². The first-order valence-electron chi connectivity index (χ1n) is 17.2. The number of hydrogen-bond acceptors (Lipinski definition) is 8. The molecule has 4 unspecified atom stereocenters. The number of imidazole rings is 1. The van der Waals surface area contributed by atoms with Gasteiger partial charge in [0, 0.05) is 61.5 Å². The Hall–Kier alpha value is -5.05. The molecule has 4 atom stereocenters. The molecule has 2 bridgehead atoms. The number of aryl methyl sites for hydroxylation is 1. The molecule has 10 nitrogen and oxygen atoms in total. The Kier molecular flexibility index (Phi) is 6.90. The van der Waals surface area contributed by atoms with Gasteiger partial charge in [-0.15, -0.1) is 0 Å². The number of rotatable bonds is 8. The van der Waals surface area contributed by atoms with Crippen LogP contribution in [0.25, 0.3) is 43.8 Å². The summed E-state index contributed by atoms with van der Waals surface area (Å²) in [5.74, 6) is 1.72. The number of anilines is 1. The second kappa shape index (κ2) is 11.3. The number of pyridine rings is 1. The standard InChI is InChI=1S/C38H38FN9O/c1-4-31-43-35-37(48(31)36-22-15-29(36)41-18-22)28-17-27(30(10-11-40)47-13-7-12-42-47)32(26-16-24(49)14-21-8-5-6-9-25(21)26)33(39)34(28)44-38(35)46-19-23(20-46)45(2)3/h5-9,12-14,16-17,22-23,29-30,36,41,49H,4,10,15,18-20H2,1-3H3. The first-order valence-corrected chi connectivity index (χ1v) is 17.2. The minimum Gasteiger partial charge on any atom is -0.508 e. The minimum absolute atomic E-state index is 0.0353. The zero-order chi connectivity index (χ0) is 33.6. The number of hydrogen-bond donors (Lipinski definition) is 2. The molecule has 3 aromatic carbocycles. The van der Waals surface area contributed by atoms with Gasteiger partial charge in [0.15, 0.2) is 11.6 Å². The van der Waals surface area contributed by atoms with Crippen molar-refractivity contribution in [3.05, 3.63) is 78.1 Å². The molecule has 4 fully saturated rings. The Balaban J connectivity index is 1.41. The van der Waals surface area contributed by atoms with Crippen LogP contribution in [-0.2, 0) is 6.42 Å². The van der Waals surface area contributed by atoms with Crippen LogP contribution in [0.5, 0.6) is 5.75 Å². The van der Waals surface area contributed by atoms with Crippen molar-refractivity contribution in [3.63, 3.8) is 0 Å². The van der Waals surface area contributed by atoms with Crippen molar-refractivity contribution in [2.75, 3.05) is 38.6 Å². The zero-order valence-corrected chi connectivity index (χ0v) is 27.8. The lowest BCUT2D eigenvalue weighted by Crippen LogP contribution is -2.57. The summed E-state index contributed by atoms with van der Waals surface area (Å²) in [4.78, 5) is 14.9. The predicted octanol–water partition coefficient (Wildman–Crippen LogP) is 5.79. The zero-order valence-electron chi connectivity index (χ0n) is 27.8. The van der Waals surface area contributed by atoms with E-state index >= 15 is 4.39 Å². The van der Waals surface area contributed by atoms with Gasteiger partial charge < -0.3 is 24.8 Å². The van der Waals surface area contributed by atoms with Gasteiger partial charge in [-0.25, -0.2) is 14.4 Å². The van der Waals surface area contributed by atoms with Gasteiger partial charge >= 0.3 is 0 Å². The maximum absolute atomic E-state index is 18.0. The summed E-state index contributed by atoms with van der Waals surface area (Å²) in [6.45, 7) is 4.64. The average molecular weight is 656 g/mol. The molecule has 49 heavy (non-hydrogen) atoms. The molecular weight excluding hydrogens is 617 g/mol. The number of nitriles is 1. The molecule has 0 spiro atoms. The predicted molar refractivity (Wildman–Crippen MR) is 188 cm³/mol. The second-order valence-corrected chi connectivity index (χ2v) is 14.0. The Morgan fingerprint density at radius 3 is 2.63 bits per heavy atom. The van der Waals surface area contributed by atoms with Gasteiger partial charge in [-0.3, -0.25) is 4.68 Å². The van der Waals surface area contributed by atoms with Crippen molar-refractivity contribution in [2.45, 2.75) is 50.4 Å². The van der Waals surface area contributed by atoms with Gasteiger partial charge in [-0.2, -0.15) is 10.4 Å². The highest BCUT2D eigenvalue weighted by Gasteiger charge is 2.49. The molecule has 6 aromatic rings. The Morgan fingerprint density at radius 2 is 1.94 bits per heavy atom. The number of aromatic nitrogens is 5. The summed E-state index contributed by atoms with van der Waals surface area (Å²) in [5, 5.41) is 31.5. The third-order valence-corrected chi connectivity index (χ3v) is 11.1. The molecule has 2 N–H and O–H groups in total. The number of aromatic hydroxyl groups is 1. The van der Waals surface area contributed by atoms with Crippen molar-refractivity contribution in [1.29, 1.82) is 5.26 Å². The van der Waals surface area contributed by atoms with Gasteiger partial charge in [0.05, 0.1) is 30.1 Å². The van der Waals surface area contributed by atoms with E-state index < -0.39 is 11.9 Å². The topological polar surface area (TPSA) is 111 Å². The first-order chi connectivity index (χ1) is 23.9. The van der Waals surface area contributed by atoms with Gasteiger partial charge in [-0.1, -0.05) is 31.2 Å². The van der Waals surface area contributed by atoms with Crippen LogP contribution >= 0.6 is 0 Å². The molecule has 0 radical (unpaired) electrons. The molecule has 3 saturated heterocycles. The Morgan fingerprint density at radius 1 is 1.10 bits per heavy atom. The van der Waals surface area contributed by atoms with Crippen LogP contribution in [0.4, 0.5) is 10.2 Å². The number of benzene rings is 3. The van der Waals surface area contributed by atoms with Crippen molar-refractivity contribution < 1.29 is 9.50 Å². The van der Waals surface area contributed by atoms with E-state index in [-0.39, 0.29) is 23.7 Å². The quantitative estimate of drug-likeness (QED) is 0.212. The number of halogens is 1. The summed E-state index contributed by atoms with van der Waals surface area (Å²) in [6.07, 6.45) is 5.42. The van der Waals surface area contributed by atoms with E-state index in [1.165, 1.54) is 0 Å². The van der Waals surface area contributed by atoms with Gasteiger partial charge in [0.25, 0.3) is 0 Å². The molecule has 1 saturated carbocycles. The first kappa shape index (κ1) is 30.0. The normalized spacial score (nSPS) is 21.1. The fourth-order valence-electron chi connectivity index (χ4n) is 8.52. The highest BCUT2D eigenvalue weighted by Crippen LogP contribution is 2.49. The maximum Gasteiger partial charge on any atom is 0.157 e. The SMILES string of the molecule is CCc1nc2c(N3CC(N(C)C)C3)nc3c(F)c(-c4cc(O)cc5ccccc45)c(C(CC#N)n4cccn4)cc3c2n1C1C2CNC1C2. The Bertz CT molecular complexity index is 2290. The summed E-state index contributed by atoms with van der Waals surface area (Å²) in [7, 11) is 4.16. The molecule has 248 valence electrons. The average Bonchev–Trinajstić information content (AvgIpc) is 3.88. The third-order valence-electron chi connectivity index (χ3n) is 11.1. The van der Waals surface area contributed by atoms with Crippen LogP contribution in [0.15, 0.2) is 60.9 Å². The lowest BCUT2D eigenvalue weighted by molar-refractivity contribution is 0.221. The van der Waals surface area contributed by atoms with Crippen LogP contribution in [0.3, 0.4) is 0 Å². The lowest BCUT2D eigenvalue weighted by atomic mass is 9.79. The van der Waals surface area contributed by atoms with Crippen LogP contribution in [0, 0.1) is 23.1 Å². The number of nitrogens with one attached hydrogen (secondary N) is 1. The molecule has 3 aliphatic heterocycles. The van der Waals surface area contributed by atoms with E-state index in [0.29, 0.717) is 45.9 Å². The van der Waals surface area contributed by atoms with Crippen LogP contribution < -0.4 is 10.2 Å². The van der Waals surface area contributed by atoms with Gasteiger partial charge in [0.2, 0.25) is 0 Å². The highest BCUT2D eigenvalue weighted by molar-refractivity contribution is 6.10. The van der Waals surface area contributed by atoms with Crippen molar-refractivity contribution >= 4 is 38.5 Å². The van der Waals surface area contributed by atoms with E-state index in [0.717, 1.165) is 60.1 Å². The highest BCUT2D eigenvalue weighted by atomic mass is 19.1. The summed E-state index contributed by atoms with van der Waals surface area (Å²) < 4.78 is 22.1. The monoisotopic (exact) mass is 655 g/mol. The van der Waals surface area contributed by atoms with E-state index in [4.69, 9.17) is 9.97 Å². The molecule has 10 rings (SSSR count). The van der Waals surface area contributed by atoms with E-state index in [2.05, 4.69) is 51.9 Å². The van der Waals surface area contributed by atoms with E-state index in [1.54, 1.807) is 23.0 Å². The van der Waals surface area contributed by atoms with Gasteiger partial charge in [0.1, 0.15) is 22.6 Å². The molecule has 1 aliphatic carbocycles. The summed E-state index contributed by atoms with van der Waals surface area (Å²) >= 11 is 0. The molecule has 6 heterocycles. The van der Waals surface area contributed by atoms with Crippen LogP contribution in [-0.4, -0.2) is 80.1 Å². The summed E-state index contributed by atoms with van der Waals surface area (Å²) in [6, 6.07) is 17.5. The van der Waals surface area contributed by atoms with Crippen LogP contribution in [0.1, 0.15) is 43.2 Å². The van der Waals surface area contributed by atoms with E-state index in [9.17, 15) is 10.4 Å². The fourth-order valence-corrected chi connectivity index (χ4v) is 8.52. The maximum atomic E-state index is 18.0. The Labute approximate surface area is 283 Å². The number of likely N-dealkylation sites (N-methyl/N-ethyl adjacent to an activating group) is 1. The largest absolute Gasteiger partial charge is 0.508 e. The molecule has 3 aromatic heterocycles. The van der Waals surface area contributed by atoms with Gasteiger partial charge in [-0.05, 0) is 72.6 Å². The molecule has 4 aliphatic rings. The number of nitrogens with zero attached hydrogens (tertiary/aromatic N) is 8. The van der Waals surface area contributed by atoms with Crippen LogP contribution in [0.2, 0.25) is 0 Å². The van der Waals surface area contributed by atoms with Crippen molar-refractivity contribution in [3.8, 4) is 22.9 Å². The third kappa shape index (κ3) is 4.47. The number of phenols is 1. The van der Waals surface area contributed by atoms with E-state index in [1.807, 2.05) is 42.6 Å². The number of fused-ring (bicyclic) bond motifs is 5. The number of phenolic OH excluding ortho intramolecular Hbond substituents is 1. The molecule has 11 heteroatoms.